The van der Waals surface area contributed by atoms with Gasteiger partial charge in [0, 0.05) is 12.2 Å². The number of nitrogens with zero attached hydrogens (tertiary/aromatic N) is 2. The lowest BCUT2D eigenvalue weighted by Gasteiger charge is -2.19. The molecule has 0 aliphatic carbocycles. The topological polar surface area (TPSA) is 64.1 Å². The number of aromatic nitrogens is 2. The highest BCUT2D eigenvalue weighted by atomic mass is 19.4. The predicted molar refractivity (Wildman–Crippen MR) is 96.0 cm³/mol. The van der Waals surface area contributed by atoms with Crippen LogP contribution in [-0.2, 0) is 23.5 Å². The predicted octanol–water partition coefficient (Wildman–Crippen LogP) is 5.04. The van der Waals surface area contributed by atoms with Crippen LogP contribution in [0.15, 0.2) is 24.4 Å². The zero-order chi connectivity index (χ0) is 22.7. The number of ether oxygens (including phenoxy) is 1. The van der Waals surface area contributed by atoms with E-state index in [9.17, 15) is 31.1 Å². The summed E-state index contributed by atoms with van der Waals surface area (Å²) in [6.45, 7) is 4.81. The lowest BCUT2D eigenvalue weighted by molar-refractivity contribution is -0.143. The number of alkyl halides is 6. The van der Waals surface area contributed by atoms with Gasteiger partial charge in [-0.25, -0.2) is 14.8 Å². The molecule has 2 rings (SSSR count). The van der Waals surface area contributed by atoms with Crippen molar-refractivity contribution in [2.45, 2.75) is 45.6 Å². The summed E-state index contributed by atoms with van der Waals surface area (Å²) in [5.41, 5.74) is -2.93. The van der Waals surface area contributed by atoms with Gasteiger partial charge in [-0.3, -0.25) is 0 Å². The maximum absolute atomic E-state index is 13.0. The van der Waals surface area contributed by atoms with Gasteiger partial charge in [-0.15, -0.1) is 0 Å². The van der Waals surface area contributed by atoms with Gasteiger partial charge >= 0.3 is 18.3 Å². The molecule has 0 saturated heterocycles. The molecule has 5 nitrogen and oxygen atoms in total. The average Bonchev–Trinajstić information content (AvgIpc) is 2.60. The van der Waals surface area contributed by atoms with Gasteiger partial charge in [0.05, 0.1) is 17.7 Å². The van der Waals surface area contributed by atoms with Gasteiger partial charge in [-0.05, 0) is 51.0 Å². The minimum atomic E-state index is -4.92. The molecular formula is C19H19F6N3O2. The molecule has 0 spiro atoms. The Bertz CT molecular complexity index is 880. The number of halogens is 6. The first-order valence-electron chi connectivity index (χ1n) is 8.87. The summed E-state index contributed by atoms with van der Waals surface area (Å²) in [6, 6.07) is 0.765. The van der Waals surface area contributed by atoms with Crippen LogP contribution in [0.25, 0.3) is 0 Å². The first kappa shape index (κ1) is 23.4. The minimum absolute atomic E-state index is 0.00863. The maximum Gasteiger partial charge on any atom is 0.416 e. The highest BCUT2D eigenvalue weighted by Crippen LogP contribution is 2.36. The Hall–Kier alpha value is -2.85. The van der Waals surface area contributed by atoms with E-state index in [1.54, 1.807) is 20.8 Å². The Kier molecular flexibility index (Phi) is 6.94. The van der Waals surface area contributed by atoms with Crippen LogP contribution in [0.3, 0.4) is 0 Å². The van der Waals surface area contributed by atoms with Crippen molar-refractivity contribution in [1.82, 2.24) is 9.97 Å². The molecule has 30 heavy (non-hydrogen) atoms. The van der Waals surface area contributed by atoms with Crippen LogP contribution < -0.4 is 5.32 Å². The Morgan fingerprint density at radius 3 is 2.17 bits per heavy atom. The molecule has 164 valence electrons. The first-order valence-corrected chi connectivity index (χ1v) is 8.87. The fourth-order valence-corrected chi connectivity index (χ4v) is 2.71. The van der Waals surface area contributed by atoms with Crippen LogP contribution in [-0.4, -0.2) is 28.6 Å². The molecule has 1 N–H and O–H groups in total. The second kappa shape index (κ2) is 8.88. The van der Waals surface area contributed by atoms with E-state index in [0.29, 0.717) is 18.0 Å². The normalized spacial score (nSPS) is 13.1. The van der Waals surface area contributed by atoms with Gasteiger partial charge in [-0.1, -0.05) is 0 Å². The third-order valence-electron chi connectivity index (χ3n) is 3.98. The molecule has 1 aromatic carbocycles. The Morgan fingerprint density at radius 1 is 1.10 bits per heavy atom. The van der Waals surface area contributed by atoms with Crippen LogP contribution in [0.5, 0.6) is 0 Å². The van der Waals surface area contributed by atoms with Crippen molar-refractivity contribution in [3.8, 4) is 0 Å². The van der Waals surface area contributed by atoms with Crippen molar-refractivity contribution in [1.29, 1.82) is 0 Å². The highest BCUT2D eigenvalue weighted by molar-refractivity contribution is 5.94. The van der Waals surface area contributed by atoms with Crippen molar-refractivity contribution in [2.24, 2.45) is 0 Å². The number of aryl methyl sites for hydroxylation is 1. The van der Waals surface area contributed by atoms with Crippen molar-refractivity contribution in [3.63, 3.8) is 0 Å². The lowest BCUT2D eigenvalue weighted by Crippen LogP contribution is -2.23. The Labute approximate surface area is 168 Å². The molecule has 1 unspecified atom stereocenters. The van der Waals surface area contributed by atoms with E-state index in [1.165, 1.54) is 6.20 Å². The number of esters is 1. The first-order chi connectivity index (χ1) is 13.8. The third kappa shape index (κ3) is 6.07. The molecule has 0 fully saturated rings. The van der Waals surface area contributed by atoms with E-state index < -0.39 is 35.5 Å². The molecule has 0 saturated carbocycles. The number of benzene rings is 1. The van der Waals surface area contributed by atoms with E-state index in [4.69, 9.17) is 4.74 Å². The summed E-state index contributed by atoms with van der Waals surface area (Å²) in [4.78, 5) is 20.0. The molecule has 1 aromatic heterocycles. The number of rotatable bonds is 6. The molecular weight excluding hydrogens is 416 g/mol. The zero-order valence-electron chi connectivity index (χ0n) is 16.3. The van der Waals surface area contributed by atoms with Crippen LogP contribution in [0.4, 0.5) is 32.2 Å². The van der Waals surface area contributed by atoms with Crippen LogP contribution in [0.1, 0.15) is 46.7 Å². The fraction of sp³-hybridized carbons (Fsp3) is 0.421. The molecule has 0 aliphatic rings. The summed E-state index contributed by atoms with van der Waals surface area (Å²) in [5.74, 6) is -0.307. The van der Waals surface area contributed by atoms with Crippen molar-refractivity contribution >= 4 is 11.8 Å². The molecule has 0 radical (unpaired) electrons. The molecule has 1 atom stereocenters. The molecule has 1 heterocycles. The Morgan fingerprint density at radius 2 is 1.67 bits per heavy atom. The number of carbonyl (C=O) groups excluding carboxylic acids is 1. The van der Waals surface area contributed by atoms with E-state index in [0.717, 1.165) is 0 Å². The SMILES string of the molecule is CCOC(=O)c1cnc(C)nc1NC(C)Cc1cc(C(F)(F)F)cc(C(F)(F)F)c1. The maximum atomic E-state index is 13.0. The van der Waals surface area contributed by atoms with E-state index in [-0.39, 0.29) is 36.0 Å². The monoisotopic (exact) mass is 435 g/mol. The summed E-state index contributed by atoms with van der Waals surface area (Å²) < 4.78 is 83.1. The summed E-state index contributed by atoms with van der Waals surface area (Å²) in [5, 5.41) is 2.84. The summed E-state index contributed by atoms with van der Waals surface area (Å²) >= 11 is 0. The molecule has 2 aromatic rings. The fourth-order valence-electron chi connectivity index (χ4n) is 2.71. The van der Waals surface area contributed by atoms with Crippen molar-refractivity contribution < 1.29 is 35.9 Å². The van der Waals surface area contributed by atoms with Gasteiger partial charge in [0.1, 0.15) is 17.2 Å². The average molecular weight is 435 g/mol. The number of carbonyl (C=O) groups is 1. The molecule has 11 heteroatoms. The van der Waals surface area contributed by atoms with Crippen molar-refractivity contribution in [3.05, 3.63) is 52.5 Å². The van der Waals surface area contributed by atoms with Gasteiger partial charge in [-0.2, -0.15) is 26.3 Å². The summed E-state index contributed by atoms with van der Waals surface area (Å²) in [6.07, 6.45) is -8.79. The Balaban J connectivity index is 2.32. The van der Waals surface area contributed by atoms with E-state index >= 15 is 0 Å². The number of nitrogens with one attached hydrogen (secondary N) is 1. The minimum Gasteiger partial charge on any atom is -0.462 e. The van der Waals surface area contributed by atoms with Crippen LogP contribution in [0.2, 0.25) is 0 Å². The third-order valence-corrected chi connectivity index (χ3v) is 3.98. The summed E-state index contributed by atoms with van der Waals surface area (Å²) in [7, 11) is 0. The molecule has 0 aliphatic heterocycles. The zero-order valence-corrected chi connectivity index (χ0v) is 16.3. The van der Waals surface area contributed by atoms with Gasteiger partial charge < -0.3 is 10.1 Å². The standard InChI is InChI=1S/C19H19F6N3O2/c1-4-30-17(29)15-9-26-11(3)28-16(15)27-10(2)5-12-6-13(18(20,21)22)8-14(7-12)19(23,24)25/h6-10H,4-5H2,1-3H3,(H,26,27,28). The van der Waals surface area contributed by atoms with Crippen LogP contribution in [0, 0.1) is 6.92 Å². The second-order valence-corrected chi connectivity index (χ2v) is 6.56. The largest absolute Gasteiger partial charge is 0.462 e. The molecule has 0 bridgehead atoms. The quantitative estimate of drug-likeness (QED) is 0.509. The smallest absolute Gasteiger partial charge is 0.416 e. The van der Waals surface area contributed by atoms with Gasteiger partial charge in [0.25, 0.3) is 0 Å². The number of hydrogen-bond donors (Lipinski definition) is 1. The highest BCUT2D eigenvalue weighted by Gasteiger charge is 2.37. The number of hydrogen-bond acceptors (Lipinski definition) is 5. The van der Waals surface area contributed by atoms with E-state index in [2.05, 4.69) is 15.3 Å². The van der Waals surface area contributed by atoms with Crippen molar-refractivity contribution in [2.75, 3.05) is 11.9 Å². The second-order valence-electron chi connectivity index (χ2n) is 6.56. The van der Waals surface area contributed by atoms with Crippen LogP contribution >= 0.6 is 0 Å². The van der Waals surface area contributed by atoms with Gasteiger partial charge in [0.15, 0.2) is 0 Å². The van der Waals surface area contributed by atoms with Gasteiger partial charge in [0.2, 0.25) is 0 Å². The number of anilines is 1. The molecule has 0 amide bonds. The van der Waals surface area contributed by atoms with E-state index in [1.807, 2.05) is 0 Å². The lowest BCUT2D eigenvalue weighted by atomic mass is 10.00.